The van der Waals surface area contributed by atoms with Crippen LogP contribution < -0.4 is 9.64 Å². The molecule has 6 aliphatic rings. The molecule has 4 aliphatic carbocycles. The van der Waals surface area contributed by atoms with Gasteiger partial charge in [0.1, 0.15) is 5.75 Å². The summed E-state index contributed by atoms with van der Waals surface area (Å²) >= 11 is 0. The normalized spacial score (nSPS) is 33.4. The summed E-state index contributed by atoms with van der Waals surface area (Å²) < 4.78 is 5.52. The monoisotopic (exact) mass is 483 g/mol. The highest BCUT2D eigenvalue weighted by Crippen LogP contribution is 2.58. The summed E-state index contributed by atoms with van der Waals surface area (Å²) in [6, 6.07) is 8.21. The van der Waals surface area contributed by atoms with E-state index in [0.717, 1.165) is 51.3 Å². The standard InChI is InChI=1S/C27H33N3O3.ClH/c1-33-23-7-3-2-6-22(23)29-16-14-28(15-17-29)12-4-5-13-30-26(31)24-20-10-11-21(25(24)27(30)32)19-9-8-18(19)20;/h2-3,6-11,18-21,24-25H,4-5,12-17H2,1H3;1H. The van der Waals surface area contributed by atoms with E-state index in [1.54, 1.807) is 12.0 Å². The second-order valence-electron chi connectivity index (χ2n) is 10.2. The van der Waals surface area contributed by atoms with Crippen LogP contribution in [-0.2, 0) is 9.59 Å². The fourth-order valence-electron chi connectivity index (χ4n) is 6.88. The van der Waals surface area contributed by atoms with Crippen molar-refractivity contribution in [2.75, 3.05) is 51.3 Å². The Morgan fingerprint density at radius 3 is 1.94 bits per heavy atom. The molecule has 2 bridgehead atoms. The minimum Gasteiger partial charge on any atom is -0.495 e. The number of anilines is 1. The summed E-state index contributed by atoms with van der Waals surface area (Å²) in [6.07, 6.45) is 10.8. The Hall–Kier alpha value is -2.31. The number of carbonyl (C=O) groups is 2. The predicted octanol–water partition coefficient (Wildman–Crippen LogP) is 3.24. The number of imide groups is 1. The molecule has 2 aliphatic heterocycles. The minimum absolute atomic E-state index is 0. The lowest BCUT2D eigenvalue weighted by atomic mass is 9.50. The van der Waals surface area contributed by atoms with Gasteiger partial charge in [-0.1, -0.05) is 36.4 Å². The zero-order valence-corrected chi connectivity index (χ0v) is 20.5. The lowest BCUT2D eigenvalue weighted by Gasteiger charge is -2.51. The number of para-hydroxylation sites is 2. The van der Waals surface area contributed by atoms with E-state index in [9.17, 15) is 9.59 Å². The van der Waals surface area contributed by atoms with Crippen molar-refractivity contribution in [1.82, 2.24) is 9.80 Å². The first kappa shape index (κ1) is 23.4. The number of ether oxygens (including phenoxy) is 1. The first-order valence-electron chi connectivity index (χ1n) is 12.5. The average Bonchev–Trinajstić information content (AvgIpc) is 3.08. The van der Waals surface area contributed by atoms with Crippen LogP contribution in [0.15, 0.2) is 48.6 Å². The number of likely N-dealkylation sites (tertiary alicyclic amines) is 1. The van der Waals surface area contributed by atoms with Crippen LogP contribution in [-0.4, -0.2) is 68.0 Å². The number of hydrogen-bond donors (Lipinski definition) is 0. The number of unbranched alkanes of at least 4 members (excludes halogenated alkanes) is 1. The summed E-state index contributed by atoms with van der Waals surface area (Å²) in [5.74, 6) is 2.32. The van der Waals surface area contributed by atoms with Crippen molar-refractivity contribution in [3.63, 3.8) is 0 Å². The van der Waals surface area contributed by atoms with Gasteiger partial charge in [0.25, 0.3) is 0 Å². The fourth-order valence-corrected chi connectivity index (χ4v) is 6.88. The molecular formula is C27H34ClN3O3. The number of benzene rings is 1. The van der Waals surface area contributed by atoms with E-state index in [2.05, 4.69) is 46.2 Å². The van der Waals surface area contributed by atoms with Crippen molar-refractivity contribution in [1.29, 1.82) is 0 Å². The van der Waals surface area contributed by atoms with Gasteiger partial charge in [0, 0.05) is 32.7 Å². The highest BCUT2D eigenvalue weighted by molar-refractivity contribution is 6.06. The molecule has 3 fully saturated rings. The second-order valence-corrected chi connectivity index (χ2v) is 10.2. The minimum atomic E-state index is -0.109. The zero-order chi connectivity index (χ0) is 22.5. The van der Waals surface area contributed by atoms with E-state index in [1.807, 2.05) is 12.1 Å². The third-order valence-electron chi connectivity index (χ3n) is 8.67. The summed E-state index contributed by atoms with van der Waals surface area (Å²) in [7, 11) is 1.72. The maximum Gasteiger partial charge on any atom is 0.233 e. The maximum atomic E-state index is 13.2. The van der Waals surface area contributed by atoms with Gasteiger partial charge in [0.05, 0.1) is 24.6 Å². The van der Waals surface area contributed by atoms with Gasteiger partial charge in [-0.05, 0) is 55.2 Å². The Kier molecular flexibility index (Phi) is 6.47. The molecular weight excluding hydrogens is 450 g/mol. The van der Waals surface area contributed by atoms with Crippen LogP contribution in [0.2, 0.25) is 0 Å². The van der Waals surface area contributed by atoms with Crippen molar-refractivity contribution in [3.8, 4) is 5.75 Å². The molecule has 0 spiro atoms. The predicted molar refractivity (Wildman–Crippen MR) is 134 cm³/mol. The van der Waals surface area contributed by atoms with Crippen LogP contribution in [0.4, 0.5) is 5.69 Å². The van der Waals surface area contributed by atoms with Crippen molar-refractivity contribution in [2.24, 2.45) is 35.5 Å². The molecule has 0 aromatic heterocycles. The van der Waals surface area contributed by atoms with E-state index in [-0.39, 0.29) is 47.9 Å². The molecule has 1 aromatic carbocycles. The van der Waals surface area contributed by atoms with Crippen molar-refractivity contribution >= 4 is 29.9 Å². The van der Waals surface area contributed by atoms with Crippen LogP contribution in [0.25, 0.3) is 0 Å². The number of nitrogens with zero attached hydrogens (tertiary/aromatic N) is 3. The molecule has 6 atom stereocenters. The van der Waals surface area contributed by atoms with Crippen molar-refractivity contribution < 1.29 is 14.3 Å². The summed E-state index contributed by atoms with van der Waals surface area (Å²) in [5, 5.41) is 0. The van der Waals surface area contributed by atoms with Gasteiger partial charge in [-0.15, -0.1) is 12.4 Å². The molecule has 6 nitrogen and oxygen atoms in total. The van der Waals surface area contributed by atoms with Gasteiger partial charge >= 0.3 is 0 Å². The third-order valence-corrected chi connectivity index (χ3v) is 8.67. The molecule has 0 radical (unpaired) electrons. The molecule has 1 aromatic rings. The second kappa shape index (κ2) is 9.38. The Balaban J connectivity index is 0.00000241. The molecule has 2 heterocycles. The van der Waals surface area contributed by atoms with Gasteiger partial charge in [0.2, 0.25) is 11.8 Å². The number of carbonyl (C=O) groups excluding carboxylic acids is 2. The Morgan fingerprint density at radius 2 is 1.35 bits per heavy atom. The number of amides is 2. The first-order chi connectivity index (χ1) is 16.2. The number of rotatable bonds is 7. The Morgan fingerprint density at radius 1 is 0.794 bits per heavy atom. The summed E-state index contributed by atoms with van der Waals surface area (Å²) in [4.78, 5) is 32.8. The molecule has 1 saturated carbocycles. The van der Waals surface area contributed by atoms with Crippen LogP contribution in [0.3, 0.4) is 0 Å². The largest absolute Gasteiger partial charge is 0.495 e. The molecule has 0 N–H and O–H groups in total. The first-order valence-corrected chi connectivity index (χ1v) is 12.5. The third kappa shape index (κ3) is 3.66. The van der Waals surface area contributed by atoms with E-state index in [4.69, 9.17) is 4.74 Å². The van der Waals surface area contributed by atoms with E-state index in [1.165, 1.54) is 5.69 Å². The van der Waals surface area contributed by atoms with Gasteiger partial charge in [0.15, 0.2) is 0 Å². The van der Waals surface area contributed by atoms with Crippen LogP contribution >= 0.6 is 12.4 Å². The van der Waals surface area contributed by atoms with E-state index >= 15 is 0 Å². The molecule has 6 unspecified atom stereocenters. The smallest absolute Gasteiger partial charge is 0.233 e. The van der Waals surface area contributed by atoms with Gasteiger partial charge in [-0.2, -0.15) is 0 Å². The zero-order valence-electron chi connectivity index (χ0n) is 19.7. The van der Waals surface area contributed by atoms with Gasteiger partial charge < -0.3 is 9.64 Å². The molecule has 2 saturated heterocycles. The van der Waals surface area contributed by atoms with Crippen LogP contribution in [0.1, 0.15) is 12.8 Å². The fraction of sp³-hybridized carbons (Fsp3) is 0.556. The number of piperazine rings is 1. The maximum absolute atomic E-state index is 13.2. The number of methoxy groups -OCH3 is 1. The van der Waals surface area contributed by atoms with E-state index in [0.29, 0.717) is 18.4 Å². The van der Waals surface area contributed by atoms with Crippen molar-refractivity contribution in [3.05, 3.63) is 48.6 Å². The Bertz CT molecular complexity index is 963. The highest BCUT2D eigenvalue weighted by atomic mass is 35.5. The SMILES string of the molecule is COc1ccccc1N1CCN(CCCCN2C(=O)C3C4C=CC(C5C=CC54)C3C2=O)CC1.Cl. The molecule has 182 valence electrons. The lowest BCUT2D eigenvalue weighted by molar-refractivity contribution is -0.140. The summed E-state index contributed by atoms with van der Waals surface area (Å²) in [6.45, 7) is 5.61. The average molecular weight is 484 g/mol. The van der Waals surface area contributed by atoms with Crippen LogP contribution in [0.5, 0.6) is 5.75 Å². The summed E-state index contributed by atoms with van der Waals surface area (Å²) in [5.41, 5.74) is 1.17. The number of halogens is 1. The van der Waals surface area contributed by atoms with E-state index < -0.39 is 0 Å². The molecule has 34 heavy (non-hydrogen) atoms. The molecule has 2 amide bonds. The molecule has 7 rings (SSSR count). The Labute approximate surface area is 208 Å². The number of allylic oxidation sites excluding steroid dienone is 4. The number of hydrogen-bond acceptors (Lipinski definition) is 5. The molecule has 7 heteroatoms. The quantitative estimate of drug-likeness (QED) is 0.338. The van der Waals surface area contributed by atoms with Gasteiger partial charge in [-0.3, -0.25) is 19.4 Å². The van der Waals surface area contributed by atoms with Crippen LogP contribution in [0, 0.1) is 35.5 Å². The van der Waals surface area contributed by atoms with Crippen molar-refractivity contribution in [2.45, 2.75) is 12.8 Å². The topological polar surface area (TPSA) is 53.1 Å². The van der Waals surface area contributed by atoms with Gasteiger partial charge in [-0.25, -0.2) is 0 Å². The highest BCUT2D eigenvalue weighted by Gasteiger charge is 2.62. The lowest BCUT2D eigenvalue weighted by Crippen LogP contribution is -2.50.